The monoisotopic (exact) mass is 249 g/mol. The molecule has 1 fully saturated rings. The van der Waals surface area contributed by atoms with Crippen LogP contribution >= 0.6 is 11.6 Å². The summed E-state index contributed by atoms with van der Waals surface area (Å²) in [5, 5.41) is 15.0. The summed E-state index contributed by atoms with van der Waals surface area (Å²) >= 11 is 5.95. The highest BCUT2D eigenvalue weighted by atomic mass is 35.5. The van der Waals surface area contributed by atoms with Crippen molar-refractivity contribution in [2.24, 2.45) is 0 Å². The van der Waals surface area contributed by atoms with Crippen LogP contribution in [0.25, 0.3) is 0 Å². The van der Waals surface area contributed by atoms with E-state index in [0.717, 1.165) is 12.8 Å². The Balaban J connectivity index is 1.93. The Labute approximate surface area is 105 Å². The summed E-state index contributed by atoms with van der Waals surface area (Å²) in [5.74, 6) is -0.0501. The van der Waals surface area contributed by atoms with Crippen LogP contribution in [-0.4, -0.2) is 18.5 Å². The molecule has 0 spiro atoms. The first-order valence-electron chi connectivity index (χ1n) is 5.42. The number of hydrogen-bond donors (Lipinski definition) is 2. The Morgan fingerprint density at radius 2 is 2.29 bits per heavy atom. The lowest BCUT2D eigenvalue weighted by Gasteiger charge is -2.08. The van der Waals surface area contributed by atoms with Crippen molar-refractivity contribution in [2.45, 2.75) is 18.9 Å². The fraction of sp³-hybridized carbons (Fsp3) is 0.333. The van der Waals surface area contributed by atoms with Crippen LogP contribution in [0.2, 0.25) is 5.02 Å². The molecular weight excluding hydrogens is 238 g/mol. The lowest BCUT2D eigenvalue weighted by molar-refractivity contribution is -0.119. The van der Waals surface area contributed by atoms with Crippen molar-refractivity contribution < 1.29 is 4.79 Å². The molecule has 2 N–H and O–H groups in total. The number of benzene rings is 1. The molecule has 1 amide bonds. The van der Waals surface area contributed by atoms with Crippen LogP contribution in [0.1, 0.15) is 18.4 Å². The third kappa shape index (κ3) is 3.36. The number of rotatable bonds is 4. The SMILES string of the molecule is N#Cc1ccc(Cl)c(NCC(=O)NC2CC2)c1. The van der Waals surface area contributed by atoms with Crippen molar-refractivity contribution in [3.63, 3.8) is 0 Å². The summed E-state index contributed by atoms with van der Waals surface area (Å²) < 4.78 is 0. The first-order chi connectivity index (χ1) is 8.19. The molecule has 2 rings (SSSR count). The van der Waals surface area contributed by atoms with E-state index in [9.17, 15) is 4.79 Å². The highest BCUT2D eigenvalue weighted by molar-refractivity contribution is 6.33. The molecule has 0 heterocycles. The molecule has 5 heteroatoms. The molecule has 1 aliphatic carbocycles. The van der Waals surface area contributed by atoms with Gasteiger partial charge in [0.25, 0.3) is 0 Å². The number of hydrogen-bond acceptors (Lipinski definition) is 3. The van der Waals surface area contributed by atoms with Crippen LogP contribution in [0.3, 0.4) is 0 Å². The van der Waals surface area contributed by atoms with Gasteiger partial charge in [0.1, 0.15) is 0 Å². The minimum Gasteiger partial charge on any atom is -0.375 e. The molecular formula is C12H12ClN3O. The number of nitrogens with one attached hydrogen (secondary N) is 2. The van der Waals surface area contributed by atoms with E-state index in [4.69, 9.17) is 16.9 Å². The predicted molar refractivity (Wildman–Crippen MR) is 65.8 cm³/mol. The van der Waals surface area contributed by atoms with Crippen LogP contribution in [0.15, 0.2) is 18.2 Å². The molecule has 17 heavy (non-hydrogen) atoms. The van der Waals surface area contributed by atoms with E-state index in [1.807, 2.05) is 6.07 Å². The highest BCUT2D eigenvalue weighted by Gasteiger charge is 2.22. The number of carbonyl (C=O) groups excluding carboxylic acids is 1. The molecule has 0 saturated heterocycles. The fourth-order valence-corrected chi connectivity index (χ4v) is 1.60. The normalized spacial score (nSPS) is 13.9. The summed E-state index contributed by atoms with van der Waals surface area (Å²) in [6.07, 6.45) is 2.13. The number of nitrogens with zero attached hydrogens (tertiary/aromatic N) is 1. The highest BCUT2D eigenvalue weighted by Crippen LogP contribution is 2.22. The number of amides is 1. The van der Waals surface area contributed by atoms with E-state index < -0.39 is 0 Å². The first-order valence-corrected chi connectivity index (χ1v) is 5.79. The lowest BCUT2D eigenvalue weighted by atomic mass is 10.2. The zero-order valence-electron chi connectivity index (χ0n) is 9.16. The van der Waals surface area contributed by atoms with E-state index in [2.05, 4.69) is 10.6 Å². The maximum atomic E-state index is 11.5. The molecule has 88 valence electrons. The molecule has 1 aromatic carbocycles. The van der Waals surface area contributed by atoms with Crippen LogP contribution in [0.5, 0.6) is 0 Å². The zero-order valence-corrected chi connectivity index (χ0v) is 9.92. The standard InChI is InChI=1S/C12H12ClN3O/c13-10-4-1-8(6-14)5-11(10)15-7-12(17)16-9-2-3-9/h1,4-5,9,15H,2-3,7H2,(H,16,17). The third-order valence-corrected chi connectivity index (χ3v) is 2.81. The van der Waals surface area contributed by atoms with Gasteiger partial charge in [-0.1, -0.05) is 11.6 Å². The van der Waals surface area contributed by atoms with Gasteiger partial charge in [0.05, 0.1) is 28.9 Å². The smallest absolute Gasteiger partial charge is 0.239 e. The van der Waals surface area contributed by atoms with E-state index >= 15 is 0 Å². The molecule has 1 aromatic rings. The maximum absolute atomic E-state index is 11.5. The zero-order chi connectivity index (χ0) is 12.3. The van der Waals surface area contributed by atoms with E-state index in [0.29, 0.717) is 22.3 Å². The second-order valence-corrected chi connectivity index (χ2v) is 4.41. The van der Waals surface area contributed by atoms with Gasteiger partial charge < -0.3 is 10.6 Å². The molecule has 1 saturated carbocycles. The number of halogens is 1. The number of nitriles is 1. The van der Waals surface area contributed by atoms with Crippen molar-refractivity contribution in [1.82, 2.24) is 5.32 Å². The van der Waals surface area contributed by atoms with Crippen molar-refractivity contribution in [2.75, 3.05) is 11.9 Å². The quantitative estimate of drug-likeness (QED) is 0.857. The van der Waals surface area contributed by atoms with Gasteiger partial charge in [-0.3, -0.25) is 4.79 Å². The topological polar surface area (TPSA) is 64.9 Å². The summed E-state index contributed by atoms with van der Waals surface area (Å²) in [7, 11) is 0. The number of anilines is 1. The molecule has 0 aliphatic heterocycles. The van der Waals surface area contributed by atoms with Gasteiger partial charge in [0, 0.05) is 6.04 Å². The van der Waals surface area contributed by atoms with Gasteiger partial charge in [-0.2, -0.15) is 5.26 Å². The Morgan fingerprint density at radius 1 is 1.53 bits per heavy atom. The van der Waals surface area contributed by atoms with Crippen LogP contribution in [0, 0.1) is 11.3 Å². The number of carbonyl (C=O) groups is 1. The first kappa shape index (κ1) is 11.7. The van der Waals surface area contributed by atoms with Gasteiger partial charge in [0.15, 0.2) is 0 Å². The van der Waals surface area contributed by atoms with Crippen molar-refractivity contribution in [3.05, 3.63) is 28.8 Å². The van der Waals surface area contributed by atoms with Gasteiger partial charge >= 0.3 is 0 Å². The third-order valence-electron chi connectivity index (χ3n) is 2.48. The molecule has 1 aliphatic rings. The summed E-state index contributed by atoms with van der Waals surface area (Å²) in [5.41, 5.74) is 1.12. The molecule has 0 aromatic heterocycles. The molecule has 0 unspecified atom stereocenters. The Morgan fingerprint density at radius 3 is 2.94 bits per heavy atom. The summed E-state index contributed by atoms with van der Waals surface area (Å²) in [6.45, 7) is 0.172. The van der Waals surface area contributed by atoms with E-state index in [1.165, 1.54) is 0 Å². The molecule has 0 bridgehead atoms. The average Bonchev–Trinajstić information content (AvgIpc) is 3.12. The van der Waals surface area contributed by atoms with Gasteiger partial charge in [-0.15, -0.1) is 0 Å². The Hall–Kier alpha value is -1.73. The summed E-state index contributed by atoms with van der Waals surface area (Å²) in [4.78, 5) is 11.5. The second kappa shape index (κ2) is 5.07. The second-order valence-electron chi connectivity index (χ2n) is 4.00. The Bertz CT molecular complexity index is 477. The van der Waals surface area contributed by atoms with Gasteiger partial charge in [-0.25, -0.2) is 0 Å². The van der Waals surface area contributed by atoms with E-state index in [-0.39, 0.29) is 12.5 Å². The minimum absolute atomic E-state index is 0.0501. The minimum atomic E-state index is -0.0501. The van der Waals surface area contributed by atoms with Crippen molar-refractivity contribution in [3.8, 4) is 6.07 Å². The lowest BCUT2D eigenvalue weighted by Crippen LogP contribution is -2.31. The fourth-order valence-electron chi connectivity index (χ4n) is 1.41. The van der Waals surface area contributed by atoms with Crippen molar-refractivity contribution >= 4 is 23.2 Å². The largest absolute Gasteiger partial charge is 0.375 e. The van der Waals surface area contributed by atoms with Crippen LogP contribution in [-0.2, 0) is 4.79 Å². The van der Waals surface area contributed by atoms with Crippen LogP contribution < -0.4 is 10.6 Å². The van der Waals surface area contributed by atoms with E-state index in [1.54, 1.807) is 18.2 Å². The van der Waals surface area contributed by atoms with Gasteiger partial charge in [0.2, 0.25) is 5.91 Å². The molecule has 4 nitrogen and oxygen atoms in total. The molecule has 0 atom stereocenters. The predicted octanol–water partition coefficient (Wildman–Crippen LogP) is 1.90. The average molecular weight is 250 g/mol. The van der Waals surface area contributed by atoms with Crippen LogP contribution in [0.4, 0.5) is 5.69 Å². The summed E-state index contributed by atoms with van der Waals surface area (Å²) in [6, 6.07) is 7.29. The van der Waals surface area contributed by atoms with Gasteiger partial charge in [-0.05, 0) is 31.0 Å². The Kier molecular flexibility index (Phi) is 3.50. The molecule has 0 radical (unpaired) electrons. The maximum Gasteiger partial charge on any atom is 0.239 e. The van der Waals surface area contributed by atoms with Crippen molar-refractivity contribution in [1.29, 1.82) is 5.26 Å².